The molecule has 0 radical (unpaired) electrons. The number of para-hydroxylation sites is 2. The number of rotatable bonds is 1. The van der Waals surface area contributed by atoms with E-state index in [1.54, 1.807) is 17.0 Å². The highest BCUT2D eigenvalue weighted by Crippen LogP contribution is 2.57. The largest absolute Gasteiger partial charge is 0.444 e. The minimum absolute atomic E-state index is 0.0256. The summed E-state index contributed by atoms with van der Waals surface area (Å²) in [5, 5.41) is 9.99. The van der Waals surface area contributed by atoms with E-state index in [0.29, 0.717) is 42.0 Å². The van der Waals surface area contributed by atoms with Crippen molar-refractivity contribution < 1.29 is 14.3 Å². The Morgan fingerprint density at radius 3 is 2.52 bits per heavy atom. The van der Waals surface area contributed by atoms with E-state index in [0.717, 1.165) is 0 Å². The Balaban J connectivity index is 1.88. The van der Waals surface area contributed by atoms with Crippen molar-refractivity contribution in [3.8, 4) is 6.07 Å². The van der Waals surface area contributed by atoms with Crippen LogP contribution in [0.4, 0.5) is 11.4 Å². The van der Waals surface area contributed by atoms with Crippen LogP contribution in [0.1, 0.15) is 24.8 Å². The van der Waals surface area contributed by atoms with Gasteiger partial charge in [0.25, 0.3) is 5.91 Å². The number of nitriles is 1. The van der Waals surface area contributed by atoms with Gasteiger partial charge >= 0.3 is 0 Å². The minimum Gasteiger partial charge on any atom is -0.444 e. The summed E-state index contributed by atoms with van der Waals surface area (Å²) in [5.74, 6) is -0.269. The molecule has 1 amide bonds. The fourth-order valence-electron chi connectivity index (χ4n) is 4.66. The zero-order valence-electron chi connectivity index (χ0n) is 15.5. The molecule has 142 valence electrons. The number of hydrogen-bond donors (Lipinski definition) is 1. The van der Waals surface area contributed by atoms with Crippen molar-refractivity contribution >= 4 is 23.1 Å². The molecule has 2 aliphatic heterocycles. The first-order valence-electron chi connectivity index (χ1n) is 9.44. The molecular formula is C23H17N3O3. The number of carbonyl (C=O) groups excluding carboxylic acids is 2. The standard InChI is InChI=1S/C23H17N3O3/c24-13-16-21(25)29-19-12-6-11-18(27)20(19)23(16)15-9-4-5-10-17(15)26(22(23)28)14-7-2-1-3-8-14/h1-5,7-10H,6,11-12,25H2. The summed E-state index contributed by atoms with van der Waals surface area (Å²) >= 11 is 0. The van der Waals surface area contributed by atoms with E-state index in [-0.39, 0.29) is 28.7 Å². The van der Waals surface area contributed by atoms with E-state index < -0.39 is 5.41 Å². The molecule has 2 N–H and O–H groups in total. The Morgan fingerprint density at radius 1 is 1.03 bits per heavy atom. The Hall–Kier alpha value is -3.85. The average molecular weight is 383 g/mol. The molecule has 1 aliphatic carbocycles. The number of ketones is 1. The summed E-state index contributed by atoms with van der Waals surface area (Å²) in [5.41, 5.74) is 6.65. The van der Waals surface area contributed by atoms with E-state index in [9.17, 15) is 14.9 Å². The van der Waals surface area contributed by atoms with Crippen molar-refractivity contribution in [1.29, 1.82) is 5.26 Å². The van der Waals surface area contributed by atoms with Crippen molar-refractivity contribution in [3.05, 3.63) is 82.9 Å². The molecule has 2 heterocycles. The molecule has 1 unspecified atom stereocenters. The Labute approximate surface area is 167 Å². The van der Waals surface area contributed by atoms with Gasteiger partial charge in [-0.05, 0) is 24.6 Å². The summed E-state index contributed by atoms with van der Waals surface area (Å²) in [6.45, 7) is 0. The highest BCUT2D eigenvalue weighted by molar-refractivity contribution is 6.22. The fourth-order valence-corrected chi connectivity index (χ4v) is 4.66. The van der Waals surface area contributed by atoms with Crippen molar-refractivity contribution in [2.45, 2.75) is 24.7 Å². The second-order valence-electron chi connectivity index (χ2n) is 7.27. The molecule has 0 saturated carbocycles. The normalized spacial score (nSPS) is 23.1. The molecule has 29 heavy (non-hydrogen) atoms. The summed E-state index contributed by atoms with van der Waals surface area (Å²) in [4.78, 5) is 28.7. The van der Waals surface area contributed by atoms with E-state index in [1.165, 1.54) is 0 Å². The number of nitrogens with two attached hydrogens (primary N) is 1. The lowest BCUT2D eigenvalue weighted by atomic mass is 9.65. The van der Waals surface area contributed by atoms with Crippen LogP contribution in [0.25, 0.3) is 0 Å². The van der Waals surface area contributed by atoms with E-state index in [2.05, 4.69) is 6.07 Å². The molecule has 2 aromatic rings. The van der Waals surface area contributed by atoms with E-state index >= 15 is 0 Å². The van der Waals surface area contributed by atoms with E-state index in [1.807, 2.05) is 42.5 Å². The third-order valence-corrected chi connectivity index (χ3v) is 5.79. The molecule has 6 heteroatoms. The van der Waals surface area contributed by atoms with Crippen LogP contribution in [-0.4, -0.2) is 11.7 Å². The zero-order valence-corrected chi connectivity index (χ0v) is 15.5. The minimum atomic E-state index is -1.57. The van der Waals surface area contributed by atoms with Gasteiger partial charge in [-0.1, -0.05) is 36.4 Å². The van der Waals surface area contributed by atoms with Crippen molar-refractivity contribution in [2.75, 3.05) is 4.90 Å². The molecule has 1 atom stereocenters. The lowest BCUT2D eigenvalue weighted by molar-refractivity contribution is -0.124. The van der Waals surface area contributed by atoms with Gasteiger partial charge < -0.3 is 10.5 Å². The number of nitrogens with zero attached hydrogens (tertiary/aromatic N) is 2. The maximum atomic E-state index is 14.1. The van der Waals surface area contributed by atoms with Gasteiger partial charge in [-0.15, -0.1) is 0 Å². The Morgan fingerprint density at radius 2 is 1.76 bits per heavy atom. The summed E-state index contributed by atoms with van der Waals surface area (Å²) in [6.07, 6.45) is 1.44. The van der Waals surface area contributed by atoms with Gasteiger partial charge in [0.2, 0.25) is 5.88 Å². The van der Waals surface area contributed by atoms with Gasteiger partial charge in [-0.25, -0.2) is 0 Å². The number of fused-ring (bicyclic) bond motifs is 3. The molecule has 5 rings (SSSR count). The van der Waals surface area contributed by atoms with Crippen LogP contribution in [0, 0.1) is 11.3 Å². The molecule has 6 nitrogen and oxygen atoms in total. The van der Waals surface area contributed by atoms with Crippen molar-refractivity contribution in [1.82, 2.24) is 0 Å². The number of carbonyl (C=O) groups is 2. The van der Waals surface area contributed by atoms with Crippen molar-refractivity contribution in [3.63, 3.8) is 0 Å². The number of ether oxygens (including phenoxy) is 1. The predicted molar refractivity (Wildman–Crippen MR) is 106 cm³/mol. The molecule has 0 fully saturated rings. The zero-order chi connectivity index (χ0) is 20.2. The summed E-state index contributed by atoms with van der Waals surface area (Å²) < 4.78 is 5.68. The number of allylic oxidation sites excluding steroid dienone is 1. The average Bonchev–Trinajstić information content (AvgIpc) is 2.98. The van der Waals surface area contributed by atoms with Crippen LogP contribution in [-0.2, 0) is 19.7 Å². The van der Waals surface area contributed by atoms with Crippen LogP contribution in [0.2, 0.25) is 0 Å². The summed E-state index contributed by atoms with van der Waals surface area (Å²) in [6, 6.07) is 18.5. The fraction of sp³-hybridized carbons (Fsp3) is 0.174. The van der Waals surface area contributed by atoms with Crippen LogP contribution in [0.15, 0.2) is 77.4 Å². The summed E-state index contributed by atoms with van der Waals surface area (Å²) in [7, 11) is 0. The van der Waals surface area contributed by atoms with Crippen LogP contribution in [0.5, 0.6) is 0 Å². The number of amides is 1. The first kappa shape index (κ1) is 17.3. The number of anilines is 2. The van der Waals surface area contributed by atoms with Gasteiger partial charge in [0, 0.05) is 24.1 Å². The van der Waals surface area contributed by atoms with Crippen LogP contribution < -0.4 is 10.6 Å². The van der Waals surface area contributed by atoms with Gasteiger partial charge in [0.15, 0.2) is 5.78 Å². The Bertz CT molecular complexity index is 1170. The lowest BCUT2D eigenvalue weighted by Crippen LogP contribution is -2.48. The number of hydrogen-bond acceptors (Lipinski definition) is 5. The maximum Gasteiger partial charge on any atom is 0.252 e. The smallest absolute Gasteiger partial charge is 0.252 e. The highest BCUT2D eigenvalue weighted by atomic mass is 16.5. The van der Waals surface area contributed by atoms with Gasteiger partial charge in [-0.3, -0.25) is 14.5 Å². The quantitative estimate of drug-likeness (QED) is 0.815. The predicted octanol–water partition coefficient (Wildman–Crippen LogP) is 3.33. The SMILES string of the molecule is N#CC1=C(N)OC2=C(C(=O)CCC2)C12C(=O)N(c1ccccc1)c1ccccc12. The molecule has 0 aromatic heterocycles. The van der Waals surface area contributed by atoms with Gasteiger partial charge in [-0.2, -0.15) is 5.26 Å². The molecule has 0 bridgehead atoms. The van der Waals surface area contributed by atoms with Crippen molar-refractivity contribution in [2.24, 2.45) is 5.73 Å². The topological polar surface area (TPSA) is 96.4 Å². The number of benzene rings is 2. The van der Waals surface area contributed by atoms with Crippen LogP contribution in [0.3, 0.4) is 0 Å². The molecule has 3 aliphatic rings. The number of Topliss-reactive ketones (excluding diaryl/α,β-unsaturated/α-hetero) is 1. The highest BCUT2D eigenvalue weighted by Gasteiger charge is 2.62. The first-order chi connectivity index (χ1) is 14.1. The third-order valence-electron chi connectivity index (χ3n) is 5.79. The molecule has 1 spiro atoms. The third kappa shape index (κ3) is 2.10. The second kappa shape index (κ2) is 6.08. The molecule has 2 aromatic carbocycles. The Kier molecular flexibility index (Phi) is 3.62. The monoisotopic (exact) mass is 383 g/mol. The van der Waals surface area contributed by atoms with E-state index in [4.69, 9.17) is 10.5 Å². The lowest BCUT2D eigenvalue weighted by Gasteiger charge is -2.37. The van der Waals surface area contributed by atoms with Crippen LogP contribution >= 0.6 is 0 Å². The van der Waals surface area contributed by atoms with Gasteiger partial charge in [0.1, 0.15) is 22.8 Å². The maximum absolute atomic E-state index is 14.1. The second-order valence-corrected chi connectivity index (χ2v) is 7.27. The van der Waals surface area contributed by atoms with Gasteiger partial charge in [0.05, 0.1) is 11.3 Å². The molecular weight excluding hydrogens is 366 g/mol. The first-order valence-corrected chi connectivity index (χ1v) is 9.44. The molecule has 0 saturated heterocycles.